The summed E-state index contributed by atoms with van der Waals surface area (Å²) >= 11 is 5.88. The number of rotatable bonds is 3. The molecular weight excluding hydrogens is 274 g/mol. The van der Waals surface area contributed by atoms with Gasteiger partial charge in [-0.25, -0.2) is 0 Å². The fraction of sp³-hybridized carbons (Fsp3) is 0.533. The van der Waals surface area contributed by atoms with Gasteiger partial charge in [-0.2, -0.15) is 0 Å². The molecule has 1 fully saturated rings. The molecular formula is C15H22ClN3O. The SMILES string of the molecule is CC(C)(N)C(=O)N1CCN(Cc2ccc(Cl)cc2)CC1. The fourth-order valence-electron chi connectivity index (χ4n) is 2.36. The quantitative estimate of drug-likeness (QED) is 0.924. The van der Waals surface area contributed by atoms with Crippen molar-refractivity contribution < 1.29 is 4.79 Å². The Hall–Kier alpha value is -1.10. The van der Waals surface area contributed by atoms with Gasteiger partial charge in [-0.3, -0.25) is 9.69 Å². The Balaban J connectivity index is 1.85. The van der Waals surface area contributed by atoms with Crippen molar-refractivity contribution in [3.8, 4) is 0 Å². The van der Waals surface area contributed by atoms with Crippen molar-refractivity contribution in [3.05, 3.63) is 34.9 Å². The van der Waals surface area contributed by atoms with Gasteiger partial charge in [0.15, 0.2) is 0 Å². The molecule has 1 aliphatic heterocycles. The third-order valence-electron chi connectivity index (χ3n) is 3.53. The molecule has 2 N–H and O–H groups in total. The third kappa shape index (κ3) is 3.95. The van der Waals surface area contributed by atoms with Crippen molar-refractivity contribution in [1.82, 2.24) is 9.80 Å². The zero-order chi connectivity index (χ0) is 14.8. The molecule has 0 aromatic heterocycles. The Bertz CT molecular complexity index is 459. The van der Waals surface area contributed by atoms with E-state index in [9.17, 15) is 4.79 Å². The molecule has 0 saturated carbocycles. The number of hydrogen-bond donors (Lipinski definition) is 1. The van der Waals surface area contributed by atoms with E-state index in [1.54, 1.807) is 13.8 Å². The minimum absolute atomic E-state index is 0.0312. The number of hydrogen-bond acceptors (Lipinski definition) is 3. The number of nitrogens with two attached hydrogens (primary N) is 1. The molecule has 1 heterocycles. The number of piperazine rings is 1. The molecule has 0 spiro atoms. The molecule has 0 unspecified atom stereocenters. The Kier molecular flexibility index (Phi) is 4.68. The van der Waals surface area contributed by atoms with Crippen LogP contribution in [-0.4, -0.2) is 47.4 Å². The molecule has 4 nitrogen and oxygen atoms in total. The molecule has 5 heteroatoms. The van der Waals surface area contributed by atoms with Crippen LogP contribution < -0.4 is 5.73 Å². The molecule has 1 aliphatic rings. The van der Waals surface area contributed by atoms with Crippen LogP contribution in [-0.2, 0) is 11.3 Å². The van der Waals surface area contributed by atoms with E-state index in [-0.39, 0.29) is 5.91 Å². The smallest absolute Gasteiger partial charge is 0.242 e. The second-order valence-corrected chi connectivity index (χ2v) is 6.35. The van der Waals surface area contributed by atoms with Gasteiger partial charge < -0.3 is 10.6 Å². The monoisotopic (exact) mass is 295 g/mol. The van der Waals surface area contributed by atoms with Crippen LogP contribution in [0.15, 0.2) is 24.3 Å². The molecule has 1 aromatic rings. The molecule has 1 aromatic carbocycles. The molecule has 20 heavy (non-hydrogen) atoms. The minimum atomic E-state index is -0.779. The van der Waals surface area contributed by atoms with Gasteiger partial charge in [0.05, 0.1) is 5.54 Å². The number of nitrogens with zero attached hydrogens (tertiary/aromatic N) is 2. The van der Waals surface area contributed by atoms with E-state index in [4.69, 9.17) is 17.3 Å². The number of carbonyl (C=O) groups is 1. The van der Waals surface area contributed by atoms with Crippen LogP contribution in [0.5, 0.6) is 0 Å². The molecule has 0 radical (unpaired) electrons. The number of amides is 1. The van der Waals surface area contributed by atoms with Crippen molar-refractivity contribution in [1.29, 1.82) is 0 Å². The van der Waals surface area contributed by atoms with E-state index >= 15 is 0 Å². The maximum atomic E-state index is 12.1. The molecule has 110 valence electrons. The lowest BCUT2D eigenvalue weighted by Crippen LogP contribution is -2.56. The highest BCUT2D eigenvalue weighted by atomic mass is 35.5. The van der Waals surface area contributed by atoms with E-state index in [1.807, 2.05) is 29.2 Å². The van der Waals surface area contributed by atoms with Crippen molar-refractivity contribution in [2.45, 2.75) is 25.9 Å². The lowest BCUT2D eigenvalue weighted by Gasteiger charge is -2.37. The zero-order valence-electron chi connectivity index (χ0n) is 12.1. The highest BCUT2D eigenvalue weighted by Crippen LogP contribution is 2.14. The van der Waals surface area contributed by atoms with Gasteiger partial charge in [-0.05, 0) is 31.5 Å². The maximum absolute atomic E-state index is 12.1. The second-order valence-electron chi connectivity index (χ2n) is 5.92. The van der Waals surface area contributed by atoms with Gasteiger partial charge in [0.2, 0.25) is 5.91 Å². The van der Waals surface area contributed by atoms with E-state index in [0.717, 1.165) is 37.7 Å². The topological polar surface area (TPSA) is 49.6 Å². The summed E-state index contributed by atoms with van der Waals surface area (Å²) in [7, 11) is 0. The van der Waals surface area contributed by atoms with E-state index in [2.05, 4.69) is 4.90 Å². The zero-order valence-corrected chi connectivity index (χ0v) is 12.9. The number of halogens is 1. The van der Waals surface area contributed by atoms with Crippen LogP contribution in [0, 0.1) is 0 Å². The van der Waals surface area contributed by atoms with Crippen LogP contribution in [0.2, 0.25) is 5.02 Å². The molecule has 0 aliphatic carbocycles. The summed E-state index contributed by atoms with van der Waals surface area (Å²) in [5, 5.41) is 0.759. The van der Waals surface area contributed by atoms with Gasteiger partial charge in [-0.1, -0.05) is 23.7 Å². The normalized spacial score (nSPS) is 17.3. The lowest BCUT2D eigenvalue weighted by molar-refractivity contribution is -0.137. The molecule has 0 atom stereocenters. The van der Waals surface area contributed by atoms with Crippen LogP contribution >= 0.6 is 11.6 Å². The van der Waals surface area contributed by atoms with Crippen molar-refractivity contribution >= 4 is 17.5 Å². The Labute approximate surface area is 125 Å². The lowest BCUT2D eigenvalue weighted by atomic mass is 10.0. The van der Waals surface area contributed by atoms with Crippen LogP contribution in [0.3, 0.4) is 0 Å². The number of benzene rings is 1. The summed E-state index contributed by atoms with van der Waals surface area (Å²) in [4.78, 5) is 16.3. The van der Waals surface area contributed by atoms with Crippen molar-refractivity contribution in [2.24, 2.45) is 5.73 Å². The number of carbonyl (C=O) groups excluding carboxylic acids is 1. The average Bonchev–Trinajstić information content (AvgIpc) is 2.40. The first-order valence-electron chi connectivity index (χ1n) is 6.91. The van der Waals surface area contributed by atoms with Crippen LogP contribution in [0.4, 0.5) is 0 Å². The summed E-state index contributed by atoms with van der Waals surface area (Å²) in [5.41, 5.74) is 6.33. The summed E-state index contributed by atoms with van der Waals surface area (Å²) in [6.45, 7) is 7.66. The maximum Gasteiger partial charge on any atom is 0.242 e. The highest BCUT2D eigenvalue weighted by Gasteiger charge is 2.30. The van der Waals surface area contributed by atoms with Crippen LogP contribution in [0.25, 0.3) is 0 Å². The molecule has 0 bridgehead atoms. The minimum Gasteiger partial charge on any atom is -0.339 e. The van der Waals surface area contributed by atoms with Gasteiger partial charge in [0, 0.05) is 37.7 Å². The van der Waals surface area contributed by atoms with Gasteiger partial charge in [0.1, 0.15) is 0 Å². The van der Waals surface area contributed by atoms with E-state index in [0.29, 0.717) is 0 Å². The third-order valence-corrected chi connectivity index (χ3v) is 3.78. The van der Waals surface area contributed by atoms with E-state index in [1.165, 1.54) is 5.56 Å². The first kappa shape index (κ1) is 15.3. The van der Waals surface area contributed by atoms with Crippen LogP contribution in [0.1, 0.15) is 19.4 Å². The summed E-state index contributed by atoms with van der Waals surface area (Å²) in [6, 6.07) is 7.91. The predicted octanol–water partition coefficient (Wildman–Crippen LogP) is 1.72. The summed E-state index contributed by atoms with van der Waals surface area (Å²) < 4.78 is 0. The van der Waals surface area contributed by atoms with Gasteiger partial charge >= 0.3 is 0 Å². The van der Waals surface area contributed by atoms with Gasteiger partial charge in [-0.15, -0.1) is 0 Å². The summed E-state index contributed by atoms with van der Waals surface area (Å²) in [6.07, 6.45) is 0. The largest absolute Gasteiger partial charge is 0.339 e. The Morgan fingerprint density at radius 1 is 1.20 bits per heavy atom. The predicted molar refractivity (Wildman–Crippen MR) is 81.6 cm³/mol. The van der Waals surface area contributed by atoms with Crippen molar-refractivity contribution in [3.63, 3.8) is 0 Å². The Morgan fingerprint density at radius 3 is 2.25 bits per heavy atom. The van der Waals surface area contributed by atoms with Crippen molar-refractivity contribution in [2.75, 3.05) is 26.2 Å². The first-order chi connectivity index (χ1) is 9.36. The van der Waals surface area contributed by atoms with E-state index < -0.39 is 5.54 Å². The Morgan fingerprint density at radius 2 is 1.75 bits per heavy atom. The fourth-order valence-corrected chi connectivity index (χ4v) is 2.49. The molecule has 1 saturated heterocycles. The first-order valence-corrected chi connectivity index (χ1v) is 7.29. The standard InChI is InChI=1S/C15H22ClN3O/c1-15(2,17)14(20)19-9-7-18(8-10-19)11-12-3-5-13(16)6-4-12/h3-6H,7-11,17H2,1-2H3. The molecule has 2 rings (SSSR count). The average molecular weight is 296 g/mol. The second kappa shape index (κ2) is 6.12. The molecule has 1 amide bonds. The highest BCUT2D eigenvalue weighted by molar-refractivity contribution is 6.30. The summed E-state index contributed by atoms with van der Waals surface area (Å²) in [5.74, 6) is 0.0312. The van der Waals surface area contributed by atoms with Gasteiger partial charge in [0.25, 0.3) is 0 Å².